The number of hydrogen-bond donors (Lipinski definition) is 1. The van der Waals surface area contributed by atoms with E-state index in [0.717, 1.165) is 36.3 Å². The van der Waals surface area contributed by atoms with Crippen molar-refractivity contribution in [3.63, 3.8) is 0 Å². The number of amides is 1. The van der Waals surface area contributed by atoms with E-state index in [4.69, 9.17) is 0 Å². The number of benzene rings is 2. The van der Waals surface area contributed by atoms with Crippen LogP contribution in [0.25, 0.3) is 0 Å². The lowest BCUT2D eigenvalue weighted by Gasteiger charge is -2.21. The normalized spacial score (nSPS) is 14.9. The van der Waals surface area contributed by atoms with E-state index in [0.29, 0.717) is 13.0 Å². The maximum absolute atomic E-state index is 13.3. The maximum Gasteiger partial charge on any atom is 0.220 e. The predicted molar refractivity (Wildman–Crippen MR) is 113 cm³/mol. The van der Waals surface area contributed by atoms with Crippen molar-refractivity contribution in [1.29, 1.82) is 0 Å². The smallest absolute Gasteiger partial charge is 0.220 e. The molecule has 0 heterocycles. The van der Waals surface area contributed by atoms with E-state index in [-0.39, 0.29) is 23.5 Å². The molecule has 2 aromatic carbocycles. The van der Waals surface area contributed by atoms with Crippen LogP contribution in [-0.2, 0) is 4.79 Å². The van der Waals surface area contributed by atoms with Gasteiger partial charge in [-0.2, -0.15) is 0 Å². The molecule has 4 heteroatoms. The Morgan fingerprint density at radius 3 is 2.00 bits per heavy atom. The first kappa shape index (κ1) is 21.5. The van der Waals surface area contributed by atoms with Gasteiger partial charge in [-0.25, -0.2) is 8.78 Å². The first-order valence-electron chi connectivity index (χ1n) is 10.9. The molecule has 0 radical (unpaired) electrons. The van der Waals surface area contributed by atoms with Crippen LogP contribution in [0.1, 0.15) is 74.8 Å². The summed E-state index contributed by atoms with van der Waals surface area (Å²) in [6.07, 6.45) is 9.72. The fourth-order valence-corrected chi connectivity index (χ4v) is 4.35. The molecule has 0 spiro atoms. The van der Waals surface area contributed by atoms with Gasteiger partial charge in [0.05, 0.1) is 0 Å². The summed E-state index contributed by atoms with van der Waals surface area (Å²) in [5.41, 5.74) is 2.00. The Morgan fingerprint density at radius 2 is 1.45 bits per heavy atom. The highest BCUT2D eigenvalue weighted by atomic mass is 19.1. The lowest BCUT2D eigenvalue weighted by atomic mass is 9.86. The van der Waals surface area contributed by atoms with Gasteiger partial charge in [0, 0.05) is 18.9 Å². The van der Waals surface area contributed by atoms with Crippen LogP contribution in [0, 0.1) is 17.6 Å². The van der Waals surface area contributed by atoms with Crippen molar-refractivity contribution >= 4 is 5.91 Å². The van der Waals surface area contributed by atoms with Gasteiger partial charge in [-0.05, 0) is 60.6 Å². The molecule has 0 atom stereocenters. The minimum atomic E-state index is -0.267. The average Bonchev–Trinajstić information content (AvgIpc) is 2.75. The van der Waals surface area contributed by atoms with Crippen molar-refractivity contribution in [2.24, 2.45) is 5.92 Å². The quantitative estimate of drug-likeness (QED) is 0.489. The van der Waals surface area contributed by atoms with Crippen LogP contribution < -0.4 is 5.32 Å². The molecule has 1 aliphatic carbocycles. The van der Waals surface area contributed by atoms with Gasteiger partial charge in [-0.15, -0.1) is 0 Å². The number of halogens is 2. The van der Waals surface area contributed by atoms with Crippen LogP contribution in [0.15, 0.2) is 48.5 Å². The SMILES string of the molecule is O=C(CCC1CCCCC1)NCCCC(c1ccc(F)cc1)c1ccc(F)cc1. The molecule has 1 fully saturated rings. The van der Waals surface area contributed by atoms with E-state index < -0.39 is 0 Å². The van der Waals surface area contributed by atoms with Gasteiger partial charge in [0.1, 0.15) is 11.6 Å². The van der Waals surface area contributed by atoms with E-state index in [1.54, 1.807) is 24.3 Å². The molecule has 0 aliphatic heterocycles. The Labute approximate surface area is 172 Å². The molecule has 0 bridgehead atoms. The monoisotopic (exact) mass is 399 g/mol. The standard InChI is InChI=1S/C25H31F2NO/c26-22-13-9-20(10-14-22)24(21-11-15-23(27)16-12-21)7-4-18-28-25(29)17-8-19-5-2-1-3-6-19/h9-16,19,24H,1-8,17-18H2,(H,28,29). The van der Waals surface area contributed by atoms with Crippen molar-refractivity contribution in [3.8, 4) is 0 Å². The first-order valence-corrected chi connectivity index (χ1v) is 10.9. The number of hydrogen-bond acceptors (Lipinski definition) is 1. The second kappa shape index (κ2) is 11.1. The van der Waals surface area contributed by atoms with Crippen LogP contribution in [-0.4, -0.2) is 12.5 Å². The van der Waals surface area contributed by atoms with Gasteiger partial charge in [0.2, 0.25) is 5.91 Å². The lowest BCUT2D eigenvalue weighted by Crippen LogP contribution is -2.25. The summed E-state index contributed by atoms with van der Waals surface area (Å²) >= 11 is 0. The van der Waals surface area contributed by atoms with Gasteiger partial charge < -0.3 is 5.32 Å². The van der Waals surface area contributed by atoms with Crippen LogP contribution in [0.5, 0.6) is 0 Å². The molecular weight excluding hydrogens is 368 g/mol. The van der Waals surface area contributed by atoms with Crippen molar-refractivity contribution in [3.05, 3.63) is 71.3 Å². The van der Waals surface area contributed by atoms with Crippen LogP contribution in [0.3, 0.4) is 0 Å². The molecule has 1 saturated carbocycles. The first-order chi connectivity index (χ1) is 14.1. The Bertz CT molecular complexity index is 706. The Kier molecular flexibility index (Phi) is 8.21. The summed E-state index contributed by atoms with van der Waals surface area (Å²) in [4.78, 5) is 12.2. The fourth-order valence-electron chi connectivity index (χ4n) is 4.35. The van der Waals surface area contributed by atoms with E-state index in [9.17, 15) is 13.6 Å². The highest BCUT2D eigenvalue weighted by Gasteiger charge is 2.16. The third kappa shape index (κ3) is 6.95. The van der Waals surface area contributed by atoms with Gasteiger partial charge in [0.25, 0.3) is 0 Å². The van der Waals surface area contributed by atoms with Gasteiger partial charge >= 0.3 is 0 Å². The van der Waals surface area contributed by atoms with E-state index in [1.165, 1.54) is 56.4 Å². The lowest BCUT2D eigenvalue weighted by molar-refractivity contribution is -0.121. The molecule has 3 rings (SSSR count). The summed E-state index contributed by atoms with van der Waals surface area (Å²) < 4.78 is 26.6. The summed E-state index contributed by atoms with van der Waals surface area (Å²) in [5, 5.41) is 3.04. The second-order valence-corrected chi connectivity index (χ2v) is 8.19. The topological polar surface area (TPSA) is 29.1 Å². The number of nitrogens with one attached hydrogen (secondary N) is 1. The highest BCUT2D eigenvalue weighted by molar-refractivity contribution is 5.75. The van der Waals surface area contributed by atoms with Crippen molar-refractivity contribution in [2.45, 2.75) is 63.7 Å². The number of carbonyl (C=O) groups is 1. The van der Waals surface area contributed by atoms with E-state index in [1.807, 2.05) is 0 Å². The van der Waals surface area contributed by atoms with Crippen LogP contribution in [0.4, 0.5) is 8.78 Å². The van der Waals surface area contributed by atoms with Crippen LogP contribution in [0.2, 0.25) is 0 Å². The van der Waals surface area contributed by atoms with Gasteiger partial charge in [-0.1, -0.05) is 56.4 Å². The molecule has 1 N–H and O–H groups in total. The van der Waals surface area contributed by atoms with Crippen LogP contribution >= 0.6 is 0 Å². The van der Waals surface area contributed by atoms with Crippen molar-refractivity contribution < 1.29 is 13.6 Å². The van der Waals surface area contributed by atoms with E-state index in [2.05, 4.69) is 5.32 Å². The highest BCUT2D eigenvalue weighted by Crippen LogP contribution is 2.30. The van der Waals surface area contributed by atoms with Crippen molar-refractivity contribution in [1.82, 2.24) is 5.32 Å². The molecule has 0 saturated heterocycles. The third-order valence-electron chi connectivity index (χ3n) is 6.04. The zero-order chi connectivity index (χ0) is 20.5. The summed E-state index contributed by atoms with van der Waals surface area (Å²) in [6.45, 7) is 0.627. The molecule has 2 aromatic rings. The van der Waals surface area contributed by atoms with Crippen molar-refractivity contribution in [2.75, 3.05) is 6.54 Å². The van der Waals surface area contributed by atoms with Gasteiger partial charge in [0.15, 0.2) is 0 Å². The summed E-state index contributed by atoms with van der Waals surface area (Å²) in [7, 11) is 0. The Morgan fingerprint density at radius 1 is 0.897 bits per heavy atom. The second-order valence-electron chi connectivity index (χ2n) is 8.19. The molecule has 156 valence electrons. The maximum atomic E-state index is 13.3. The van der Waals surface area contributed by atoms with E-state index >= 15 is 0 Å². The molecule has 29 heavy (non-hydrogen) atoms. The number of rotatable bonds is 9. The predicted octanol–water partition coefficient (Wildman–Crippen LogP) is 6.35. The molecule has 1 aliphatic rings. The largest absolute Gasteiger partial charge is 0.356 e. The molecule has 0 unspecified atom stereocenters. The minimum absolute atomic E-state index is 0.0512. The molecule has 2 nitrogen and oxygen atoms in total. The Balaban J connectivity index is 1.48. The summed E-state index contributed by atoms with van der Waals surface area (Å²) in [5.74, 6) is 0.371. The van der Waals surface area contributed by atoms with Gasteiger partial charge in [-0.3, -0.25) is 4.79 Å². The minimum Gasteiger partial charge on any atom is -0.356 e. The molecule has 1 amide bonds. The third-order valence-corrected chi connectivity index (χ3v) is 6.04. The summed E-state index contributed by atoms with van der Waals surface area (Å²) in [6, 6.07) is 13.0. The zero-order valence-electron chi connectivity index (χ0n) is 17.0. The fraction of sp³-hybridized carbons (Fsp3) is 0.480. The Hall–Kier alpha value is -2.23. The number of carbonyl (C=O) groups excluding carboxylic acids is 1. The average molecular weight is 400 g/mol. The molecule has 0 aromatic heterocycles. The zero-order valence-corrected chi connectivity index (χ0v) is 17.0. The molecular formula is C25H31F2NO.